The molecule has 0 bridgehead atoms. The van der Waals surface area contributed by atoms with Crippen LogP contribution < -0.4 is 10.5 Å². The number of anilines is 1. The second-order valence-electron chi connectivity index (χ2n) is 4.13. The third-order valence-electron chi connectivity index (χ3n) is 2.63. The van der Waals surface area contributed by atoms with E-state index in [1.54, 1.807) is 13.0 Å². The van der Waals surface area contributed by atoms with Crippen molar-refractivity contribution in [3.63, 3.8) is 0 Å². The van der Waals surface area contributed by atoms with Gasteiger partial charge in [-0.05, 0) is 40.5 Å². The van der Waals surface area contributed by atoms with Crippen LogP contribution in [0.15, 0.2) is 32.4 Å². The minimum atomic E-state index is -3.62. The average Bonchev–Trinajstić information content (AvgIpc) is 2.86. The molecule has 0 radical (unpaired) electrons. The van der Waals surface area contributed by atoms with Crippen molar-refractivity contribution in [1.82, 2.24) is 14.9 Å². The first kappa shape index (κ1) is 14.9. The highest BCUT2D eigenvalue weighted by molar-refractivity contribution is 9.10. The minimum absolute atomic E-state index is 0.159. The van der Waals surface area contributed by atoms with Gasteiger partial charge in [-0.3, -0.25) is 0 Å². The number of benzene rings is 1. The van der Waals surface area contributed by atoms with Gasteiger partial charge in [0.25, 0.3) is 0 Å². The lowest BCUT2D eigenvalue weighted by Crippen LogP contribution is -2.27. The van der Waals surface area contributed by atoms with E-state index >= 15 is 0 Å². The molecule has 108 valence electrons. The largest absolute Gasteiger partial charge is 0.398 e. The number of rotatable bonds is 5. The van der Waals surface area contributed by atoms with E-state index in [4.69, 9.17) is 5.73 Å². The molecule has 0 fully saturated rings. The van der Waals surface area contributed by atoms with Crippen LogP contribution in [0.25, 0.3) is 0 Å². The third kappa shape index (κ3) is 3.35. The fraction of sp³-hybridized carbons (Fsp3) is 0.273. The van der Waals surface area contributed by atoms with Crippen LogP contribution in [-0.2, 0) is 16.4 Å². The molecule has 0 unspecified atom stereocenters. The van der Waals surface area contributed by atoms with Crippen molar-refractivity contribution in [2.75, 3.05) is 12.3 Å². The Morgan fingerprint density at radius 1 is 1.45 bits per heavy atom. The van der Waals surface area contributed by atoms with Gasteiger partial charge in [-0.25, -0.2) is 13.1 Å². The Hall–Kier alpha value is -1.45. The van der Waals surface area contributed by atoms with Gasteiger partial charge in [0.1, 0.15) is 0 Å². The Labute approximate surface area is 124 Å². The molecule has 2 rings (SSSR count). The average molecular weight is 361 g/mol. The summed E-state index contributed by atoms with van der Waals surface area (Å²) in [5, 5.41) is 3.60. The molecule has 0 saturated heterocycles. The minimum Gasteiger partial charge on any atom is -0.398 e. The quantitative estimate of drug-likeness (QED) is 0.776. The molecule has 20 heavy (non-hydrogen) atoms. The van der Waals surface area contributed by atoms with Crippen LogP contribution in [0.4, 0.5) is 5.69 Å². The van der Waals surface area contributed by atoms with Crippen molar-refractivity contribution in [1.29, 1.82) is 0 Å². The fourth-order valence-corrected chi connectivity index (χ4v) is 3.38. The molecule has 0 aliphatic heterocycles. The van der Waals surface area contributed by atoms with Crippen LogP contribution >= 0.6 is 15.9 Å². The normalized spacial score (nSPS) is 11.7. The predicted molar refractivity (Wildman–Crippen MR) is 76.5 cm³/mol. The first-order valence-electron chi connectivity index (χ1n) is 5.70. The first-order valence-corrected chi connectivity index (χ1v) is 7.98. The molecule has 0 spiro atoms. The topological polar surface area (TPSA) is 111 Å². The highest BCUT2D eigenvalue weighted by atomic mass is 79.9. The summed E-state index contributed by atoms with van der Waals surface area (Å²) in [5.74, 6) is 0.444. The van der Waals surface area contributed by atoms with Gasteiger partial charge in [-0.15, -0.1) is 0 Å². The van der Waals surface area contributed by atoms with Gasteiger partial charge in [0.2, 0.25) is 16.4 Å². The summed E-state index contributed by atoms with van der Waals surface area (Å²) in [6, 6.07) is 3.10. The van der Waals surface area contributed by atoms with E-state index in [9.17, 15) is 8.42 Å². The number of hydrogen-bond donors (Lipinski definition) is 2. The lowest BCUT2D eigenvalue weighted by atomic mass is 10.2. The Balaban J connectivity index is 2.12. The monoisotopic (exact) mass is 360 g/mol. The molecule has 0 amide bonds. The molecule has 0 saturated carbocycles. The number of aromatic nitrogens is 2. The maximum atomic E-state index is 12.2. The number of nitrogens with one attached hydrogen (secondary N) is 1. The second-order valence-corrected chi connectivity index (χ2v) is 6.72. The van der Waals surface area contributed by atoms with Crippen molar-refractivity contribution >= 4 is 31.6 Å². The third-order valence-corrected chi connectivity index (χ3v) is 4.92. The molecule has 1 aromatic heterocycles. The summed E-state index contributed by atoms with van der Waals surface area (Å²) in [7, 11) is -3.62. The van der Waals surface area contributed by atoms with Gasteiger partial charge in [0.15, 0.2) is 5.82 Å². The number of nitrogens with zero attached hydrogens (tertiary/aromatic N) is 2. The Morgan fingerprint density at radius 2 is 2.20 bits per heavy atom. The number of nitrogen functional groups attached to an aromatic ring is 1. The van der Waals surface area contributed by atoms with Crippen LogP contribution in [0.1, 0.15) is 11.4 Å². The zero-order valence-electron chi connectivity index (χ0n) is 10.6. The van der Waals surface area contributed by atoms with E-state index in [2.05, 4.69) is 35.3 Å². The van der Waals surface area contributed by atoms with Crippen LogP contribution in [-0.4, -0.2) is 25.1 Å². The van der Waals surface area contributed by atoms with Crippen molar-refractivity contribution in [3.05, 3.63) is 34.4 Å². The van der Waals surface area contributed by atoms with E-state index < -0.39 is 10.0 Å². The number of hydrogen-bond acceptors (Lipinski definition) is 6. The molecule has 7 nitrogen and oxygen atoms in total. The first-order chi connectivity index (χ1) is 9.40. The van der Waals surface area contributed by atoms with Crippen LogP contribution in [0.5, 0.6) is 0 Å². The smallest absolute Gasteiger partial charge is 0.240 e. The fourth-order valence-electron chi connectivity index (χ4n) is 1.64. The Kier molecular flexibility index (Phi) is 4.41. The predicted octanol–water partition coefficient (Wildman–Crippen LogP) is 1.24. The standard InChI is InChI=1S/C11H13BrN4O3S/c1-7-4-8(12)9(13)5-10(7)20(17,18)15-3-2-11-14-6-19-16-11/h4-6,15H,2-3,13H2,1H3. The van der Waals surface area contributed by atoms with E-state index in [-0.39, 0.29) is 11.4 Å². The van der Waals surface area contributed by atoms with E-state index in [0.717, 1.165) is 0 Å². The van der Waals surface area contributed by atoms with Crippen molar-refractivity contribution < 1.29 is 12.9 Å². The second kappa shape index (κ2) is 5.90. The van der Waals surface area contributed by atoms with Gasteiger partial charge in [-0.2, -0.15) is 4.98 Å². The zero-order valence-corrected chi connectivity index (χ0v) is 13.0. The highest BCUT2D eigenvalue weighted by Gasteiger charge is 2.18. The number of aryl methyl sites for hydroxylation is 1. The van der Waals surface area contributed by atoms with Crippen molar-refractivity contribution in [2.45, 2.75) is 18.2 Å². The molecule has 9 heteroatoms. The van der Waals surface area contributed by atoms with E-state index in [1.807, 2.05) is 0 Å². The number of nitrogens with two attached hydrogens (primary N) is 1. The number of sulfonamides is 1. The summed E-state index contributed by atoms with van der Waals surface area (Å²) in [6.07, 6.45) is 1.55. The van der Waals surface area contributed by atoms with Crippen LogP contribution in [0.2, 0.25) is 0 Å². The van der Waals surface area contributed by atoms with Crippen LogP contribution in [0.3, 0.4) is 0 Å². The lowest BCUT2D eigenvalue weighted by molar-refractivity contribution is 0.410. The molecule has 1 aromatic carbocycles. The van der Waals surface area contributed by atoms with Gasteiger partial charge in [0, 0.05) is 23.1 Å². The van der Waals surface area contributed by atoms with Crippen LogP contribution in [0, 0.1) is 6.92 Å². The SMILES string of the molecule is Cc1cc(Br)c(N)cc1S(=O)(=O)NCCc1ncon1. The Morgan fingerprint density at radius 3 is 2.85 bits per heavy atom. The maximum absolute atomic E-state index is 12.2. The van der Waals surface area contributed by atoms with Crippen molar-refractivity contribution in [2.24, 2.45) is 0 Å². The summed E-state index contributed by atoms with van der Waals surface area (Å²) < 4.78 is 32.1. The van der Waals surface area contributed by atoms with E-state index in [0.29, 0.717) is 28.0 Å². The van der Waals surface area contributed by atoms with Gasteiger partial charge < -0.3 is 10.3 Å². The molecule has 0 aliphatic rings. The summed E-state index contributed by atoms with van der Waals surface area (Å²) in [6.45, 7) is 1.88. The molecular formula is C11H13BrN4O3S. The summed E-state index contributed by atoms with van der Waals surface area (Å²) in [4.78, 5) is 3.97. The van der Waals surface area contributed by atoms with Gasteiger partial charge in [0.05, 0.1) is 4.90 Å². The zero-order chi connectivity index (χ0) is 14.8. The van der Waals surface area contributed by atoms with E-state index in [1.165, 1.54) is 12.5 Å². The summed E-state index contributed by atoms with van der Waals surface area (Å²) >= 11 is 3.26. The molecule has 2 aromatic rings. The molecule has 0 atom stereocenters. The Bertz CT molecular complexity index is 701. The highest BCUT2D eigenvalue weighted by Crippen LogP contribution is 2.26. The van der Waals surface area contributed by atoms with Gasteiger partial charge in [-0.1, -0.05) is 5.16 Å². The molecular weight excluding hydrogens is 348 g/mol. The number of halogens is 1. The lowest BCUT2D eigenvalue weighted by Gasteiger charge is -2.10. The molecule has 3 N–H and O–H groups in total. The molecule has 1 heterocycles. The molecule has 0 aliphatic carbocycles. The summed E-state index contributed by atoms with van der Waals surface area (Å²) in [5.41, 5.74) is 6.70. The maximum Gasteiger partial charge on any atom is 0.240 e. The van der Waals surface area contributed by atoms with Gasteiger partial charge >= 0.3 is 0 Å². The van der Waals surface area contributed by atoms with Crippen molar-refractivity contribution in [3.8, 4) is 0 Å².